The van der Waals surface area contributed by atoms with Crippen molar-refractivity contribution < 1.29 is 0 Å². The zero-order chi connectivity index (χ0) is 18.4. The molecule has 0 spiro atoms. The van der Waals surface area contributed by atoms with Gasteiger partial charge < -0.3 is 9.80 Å². The maximum Gasteiger partial charge on any atom is 0.292 e. The van der Waals surface area contributed by atoms with Gasteiger partial charge in [0.15, 0.2) is 0 Å². The van der Waals surface area contributed by atoms with Crippen LogP contribution >= 0.6 is 23.2 Å². The molecule has 2 atom stereocenters. The summed E-state index contributed by atoms with van der Waals surface area (Å²) in [4.78, 5) is 17.5. The van der Waals surface area contributed by atoms with Gasteiger partial charge in [0.1, 0.15) is 5.02 Å². The fourth-order valence-electron chi connectivity index (χ4n) is 4.12. The number of hydrogen-bond acceptors (Lipinski definition) is 4. The zero-order valence-corrected chi connectivity index (χ0v) is 16.5. The molecule has 2 saturated heterocycles. The molecule has 0 amide bonds. The van der Waals surface area contributed by atoms with Gasteiger partial charge in [-0.3, -0.25) is 4.79 Å². The van der Waals surface area contributed by atoms with E-state index in [1.807, 2.05) is 19.1 Å². The molecule has 0 unspecified atom stereocenters. The molecule has 5 nitrogen and oxygen atoms in total. The van der Waals surface area contributed by atoms with E-state index in [1.54, 1.807) is 12.3 Å². The largest absolute Gasteiger partial charge is 0.364 e. The summed E-state index contributed by atoms with van der Waals surface area (Å²) in [5, 5.41) is 5.22. The SMILES string of the molecule is Cc1ccc(-n2ncc(N3CC[C@H]4CCN(C)C[C@H]43)c(Cl)c2=O)cc1Cl. The molecular weight excluding hydrogens is 371 g/mol. The van der Waals surface area contributed by atoms with Crippen LogP contribution in [0.1, 0.15) is 18.4 Å². The Labute approximate surface area is 163 Å². The first kappa shape index (κ1) is 17.8. The predicted octanol–water partition coefficient (Wildman–Crippen LogP) is 3.38. The minimum Gasteiger partial charge on any atom is -0.364 e. The topological polar surface area (TPSA) is 41.4 Å². The smallest absolute Gasteiger partial charge is 0.292 e. The summed E-state index contributed by atoms with van der Waals surface area (Å²) >= 11 is 12.7. The maximum atomic E-state index is 12.9. The number of fused-ring (bicyclic) bond motifs is 1. The number of likely N-dealkylation sites (tertiary alicyclic amines) is 1. The lowest BCUT2D eigenvalue weighted by atomic mass is 9.92. The molecule has 2 aliphatic rings. The number of halogens is 2. The van der Waals surface area contributed by atoms with Gasteiger partial charge in [0.25, 0.3) is 5.56 Å². The average molecular weight is 393 g/mol. The van der Waals surface area contributed by atoms with E-state index in [0.717, 1.165) is 37.3 Å². The molecule has 0 N–H and O–H groups in total. The van der Waals surface area contributed by atoms with Crippen molar-refractivity contribution in [3.8, 4) is 5.69 Å². The molecule has 1 aromatic carbocycles. The number of piperidine rings is 1. The van der Waals surface area contributed by atoms with Crippen LogP contribution in [-0.4, -0.2) is 47.4 Å². The molecule has 1 aromatic heterocycles. The van der Waals surface area contributed by atoms with E-state index in [1.165, 1.54) is 11.1 Å². The highest BCUT2D eigenvalue weighted by atomic mass is 35.5. The quantitative estimate of drug-likeness (QED) is 0.785. The standard InChI is InChI=1S/C19H22Cl2N4O/c1-12-3-4-14(9-15(12)20)25-19(26)18(21)16(10-22-25)24-8-6-13-5-7-23(2)11-17(13)24/h3-4,9-10,13,17H,5-8,11H2,1-2H3/t13-,17-/m1/s1. The minimum atomic E-state index is -0.309. The number of benzene rings is 1. The van der Waals surface area contributed by atoms with Crippen LogP contribution in [0.4, 0.5) is 5.69 Å². The Morgan fingerprint density at radius 3 is 2.73 bits per heavy atom. The highest BCUT2D eigenvalue weighted by molar-refractivity contribution is 6.33. The van der Waals surface area contributed by atoms with E-state index >= 15 is 0 Å². The molecule has 4 rings (SSSR count). The Balaban J connectivity index is 1.70. The number of aryl methyl sites for hydroxylation is 1. The van der Waals surface area contributed by atoms with Gasteiger partial charge >= 0.3 is 0 Å². The molecule has 7 heteroatoms. The number of aromatic nitrogens is 2. The molecule has 3 heterocycles. The van der Waals surface area contributed by atoms with Gasteiger partial charge in [-0.2, -0.15) is 9.78 Å². The Hall–Kier alpha value is -1.56. The number of rotatable bonds is 2. The molecule has 0 aliphatic carbocycles. The molecule has 26 heavy (non-hydrogen) atoms. The van der Waals surface area contributed by atoms with Gasteiger partial charge in [0.05, 0.1) is 17.6 Å². The summed E-state index contributed by atoms with van der Waals surface area (Å²) in [7, 11) is 2.14. The van der Waals surface area contributed by atoms with Gasteiger partial charge in [0, 0.05) is 24.2 Å². The van der Waals surface area contributed by atoms with Gasteiger partial charge in [0.2, 0.25) is 0 Å². The lowest BCUT2D eigenvalue weighted by molar-refractivity contribution is 0.208. The van der Waals surface area contributed by atoms with Gasteiger partial charge in [-0.1, -0.05) is 29.3 Å². The first-order valence-electron chi connectivity index (χ1n) is 8.95. The van der Waals surface area contributed by atoms with Crippen LogP contribution in [0.2, 0.25) is 10.0 Å². The Bertz CT molecular complexity index is 898. The van der Waals surface area contributed by atoms with E-state index in [9.17, 15) is 4.79 Å². The molecule has 2 fully saturated rings. The van der Waals surface area contributed by atoms with E-state index in [4.69, 9.17) is 23.2 Å². The van der Waals surface area contributed by atoms with E-state index < -0.39 is 0 Å². The van der Waals surface area contributed by atoms with Crippen molar-refractivity contribution in [3.63, 3.8) is 0 Å². The van der Waals surface area contributed by atoms with Crippen LogP contribution in [0.5, 0.6) is 0 Å². The van der Waals surface area contributed by atoms with E-state index in [0.29, 0.717) is 22.7 Å². The van der Waals surface area contributed by atoms with Crippen LogP contribution in [0.15, 0.2) is 29.2 Å². The summed E-state index contributed by atoms with van der Waals surface area (Å²) in [6, 6.07) is 5.84. The second kappa shape index (κ2) is 6.87. The molecule has 0 saturated carbocycles. The molecular formula is C19H22Cl2N4O. The van der Waals surface area contributed by atoms with E-state index in [-0.39, 0.29) is 10.6 Å². The summed E-state index contributed by atoms with van der Waals surface area (Å²) in [6.45, 7) is 4.97. The fourth-order valence-corrected chi connectivity index (χ4v) is 4.53. The van der Waals surface area contributed by atoms with Crippen LogP contribution in [0.3, 0.4) is 0 Å². The van der Waals surface area contributed by atoms with Crippen molar-refractivity contribution in [1.29, 1.82) is 0 Å². The van der Waals surface area contributed by atoms with Crippen molar-refractivity contribution in [3.05, 3.63) is 50.4 Å². The van der Waals surface area contributed by atoms with Gasteiger partial charge in [-0.15, -0.1) is 0 Å². The van der Waals surface area contributed by atoms with Crippen LogP contribution in [0, 0.1) is 12.8 Å². The maximum absolute atomic E-state index is 12.9. The molecule has 138 valence electrons. The fraction of sp³-hybridized carbons (Fsp3) is 0.474. The number of hydrogen-bond donors (Lipinski definition) is 0. The molecule has 2 aliphatic heterocycles. The first-order chi connectivity index (χ1) is 12.5. The Kier molecular flexibility index (Phi) is 4.71. The third kappa shape index (κ3) is 3.02. The highest BCUT2D eigenvalue weighted by Crippen LogP contribution is 2.36. The normalized spacial score (nSPS) is 23.3. The van der Waals surface area contributed by atoms with Crippen LogP contribution in [-0.2, 0) is 0 Å². The van der Waals surface area contributed by atoms with Crippen molar-refractivity contribution in [2.45, 2.75) is 25.8 Å². The summed E-state index contributed by atoms with van der Waals surface area (Å²) in [5.74, 6) is 0.667. The Morgan fingerprint density at radius 1 is 1.19 bits per heavy atom. The second-order valence-corrected chi connectivity index (χ2v) is 8.14. The average Bonchev–Trinajstić information content (AvgIpc) is 3.03. The van der Waals surface area contributed by atoms with Gasteiger partial charge in [-0.25, -0.2) is 0 Å². The van der Waals surface area contributed by atoms with Crippen molar-refractivity contribution in [2.75, 3.05) is 31.6 Å². The first-order valence-corrected chi connectivity index (χ1v) is 9.71. The third-order valence-corrected chi connectivity index (χ3v) is 6.44. The number of likely N-dealkylation sites (N-methyl/N-ethyl adjacent to an activating group) is 1. The molecule has 2 aromatic rings. The van der Waals surface area contributed by atoms with Crippen LogP contribution < -0.4 is 10.5 Å². The van der Waals surface area contributed by atoms with E-state index in [2.05, 4.69) is 21.9 Å². The number of anilines is 1. The lowest BCUT2D eigenvalue weighted by Gasteiger charge is -2.37. The second-order valence-electron chi connectivity index (χ2n) is 7.35. The zero-order valence-electron chi connectivity index (χ0n) is 15.0. The lowest BCUT2D eigenvalue weighted by Crippen LogP contribution is -2.47. The highest BCUT2D eigenvalue weighted by Gasteiger charge is 2.38. The van der Waals surface area contributed by atoms with Crippen LogP contribution in [0.25, 0.3) is 5.69 Å². The van der Waals surface area contributed by atoms with Crippen molar-refractivity contribution in [1.82, 2.24) is 14.7 Å². The van der Waals surface area contributed by atoms with Crippen molar-refractivity contribution >= 4 is 28.9 Å². The summed E-state index contributed by atoms with van der Waals surface area (Å²) < 4.78 is 1.32. The summed E-state index contributed by atoms with van der Waals surface area (Å²) in [6.07, 6.45) is 4.06. The Morgan fingerprint density at radius 2 is 1.96 bits per heavy atom. The minimum absolute atomic E-state index is 0.227. The number of nitrogens with zero attached hydrogens (tertiary/aromatic N) is 4. The summed E-state index contributed by atoms with van der Waals surface area (Å²) in [5.41, 5.74) is 2.01. The monoisotopic (exact) mass is 392 g/mol. The van der Waals surface area contributed by atoms with Crippen molar-refractivity contribution in [2.24, 2.45) is 5.92 Å². The predicted molar refractivity (Wildman–Crippen MR) is 106 cm³/mol. The molecule has 0 bridgehead atoms. The third-order valence-electron chi connectivity index (χ3n) is 5.68. The van der Waals surface area contributed by atoms with Gasteiger partial charge in [-0.05, 0) is 57.0 Å². The molecule has 0 radical (unpaired) electrons.